The van der Waals surface area contributed by atoms with E-state index in [1.54, 1.807) is 48.5 Å². The van der Waals surface area contributed by atoms with Crippen molar-refractivity contribution in [1.29, 1.82) is 0 Å². The third-order valence-corrected chi connectivity index (χ3v) is 6.55. The normalized spacial score (nSPS) is 12.1. The van der Waals surface area contributed by atoms with Crippen LogP contribution < -0.4 is 10.6 Å². The van der Waals surface area contributed by atoms with Crippen LogP contribution in [-0.2, 0) is 6.18 Å². The number of hydrogen-bond acceptors (Lipinski definition) is 3. The number of hydrogen-bond donors (Lipinski definition) is 2. The van der Waals surface area contributed by atoms with E-state index >= 15 is 0 Å². The Hall–Kier alpha value is -4.98. The third kappa shape index (κ3) is 5.86. The molecular formula is C32H24F3N3O2. The molecule has 0 spiro atoms. The van der Waals surface area contributed by atoms with E-state index in [2.05, 4.69) is 15.6 Å². The van der Waals surface area contributed by atoms with Gasteiger partial charge in [0, 0.05) is 22.8 Å². The zero-order valence-corrected chi connectivity index (χ0v) is 21.4. The Morgan fingerprint density at radius 2 is 1.50 bits per heavy atom. The summed E-state index contributed by atoms with van der Waals surface area (Å²) in [5.41, 5.74) is 3.04. The summed E-state index contributed by atoms with van der Waals surface area (Å²) in [6.07, 6.45) is -2.95. The molecule has 0 radical (unpaired) electrons. The zero-order chi connectivity index (χ0) is 28.3. The van der Waals surface area contributed by atoms with Gasteiger partial charge < -0.3 is 10.6 Å². The van der Waals surface area contributed by atoms with Crippen LogP contribution in [0.1, 0.15) is 44.8 Å². The number of nitrogens with one attached hydrogen (secondary N) is 2. The summed E-state index contributed by atoms with van der Waals surface area (Å²) in [5.74, 6) is -0.663. The molecule has 0 unspecified atom stereocenters. The van der Waals surface area contributed by atoms with Gasteiger partial charge in [-0.05, 0) is 60.0 Å². The lowest BCUT2D eigenvalue weighted by molar-refractivity contribution is -0.137. The molecule has 0 aliphatic carbocycles. The van der Waals surface area contributed by atoms with Crippen LogP contribution in [0.2, 0.25) is 0 Å². The number of carbonyl (C=O) groups is 2. The lowest BCUT2D eigenvalue weighted by atomic mass is 9.98. The highest BCUT2D eigenvalue weighted by atomic mass is 19.4. The maximum absolute atomic E-state index is 13.2. The topological polar surface area (TPSA) is 71.1 Å². The van der Waals surface area contributed by atoms with Crippen molar-refractivity contribution in [3.63, 3.8) is 0 Å². The summed E-state index contributed by atoms with van der Waals surface area (Å²) in [6, 6.07) is 27.8. The Balaban J connectivity index is 1.32. The van der Waals surface area contributed by atoms with E-state index in [0.717, 1.165) is 23.1 Å². The number of anilines is 1. The second-order valence-corrected chi connectivity index (χ2v) is 9.31. The molecule has 8 heteroatoms. The molecule has 0 aliphatic heterocycles. The molecule has 0 saturated carbocycles. The van der Waals surface area contributed by atoms with E-state index < -0.39 is 17.6 Å². The van der Waals surface area contributed by atoms with Crippen LogP contribution >= 0.6 is 0 Å². The predicted molar refractivity (Wildman–Crippen MR) is 149 cm³/mol. The molecule has 5 rings (SSSR count). The van der Waals surface area contributed by atoms with Crippen LogP contribution in [0, 0.1) is 0 Å². The lowest BCUT2D eigenvalue weighted by Gasteiger charge is -2.14. The fraction of sp³-hybridized carbons (Fsp3) is 0.0938. The van der Waals surface area contributed by atoms with Crippen molar-refractivity contribution in [3.8, 4) is 11.1 Å². The van der Waals surface area contributed by atoms with Gasteiger partial charge in [0.05, 0.1) is 22.7 Å². The molecule has 200 valence electrons. The molecule has 1 aromatic heterocycles. The minimum absolute atomic E-state index is 0.174. The molecule has 0 aliphatic rings. The number of rotatable bonds is 6. The van der Waals surface area contributed by atoms with Crippen molar-refractivity contribution in [1.82, 2.24) is 10.3 Å². The molecule has 2 amide bonds. The molecule has 0 saturated heterocycles. The number of benzene rings is 4. The van der Waals surface area contributed by atoms with Crippen LogP contribution in [0.5, 0.6) is 0 Å². The molecule has 1 atom stereocenters. The minimum atomic E-state index is -4.44. The average molecular weight is 540 g/mol. The number of pyridine rings is 1. The van der Waals surface area contributed by atoms with Gasteiger partial charge in [-0.1, -0.05) is 66.7 Å². The third-order valence-electron chi connectivity index (χ3n) is 6.55. The van der Waals surface area contributed by atoms with Crippen LogP contribution in [0.25, 0.3) is 22.0 Å². The number of fused-ring (bicyclic) bond motifs is 1. The number of halogens is 3. The molecule has 2 N–H and O–H groups in total. The van der Waals surface area contributed by atoms with E-state index in [0.29, 0.717) is 33.5 Å². The summed E-state index contributed by atoms with van der Waals surface area (Å²) < 4.78 is 38.9. The first kappa shape index (κ1) is 26.6. The number of alkyl halides is 3. The van der Waals surface area contributed by atoms with Crippen LogP contribution in [-0.4, -0.2) is 16.8 Å². The van der Waals surface area contributed by atoms with Crippen molar-refractivity contribution in [2.45, 2.75) is 19.1 Å². The van der Waals surface area contributed by atoms with Gasteiger partial charge in [0.15, 0.2) is 0 Å². The average Bonchev–Trinajstić information content (AvgIpc) is 2.97. The Labute approximate surface area is 228 Å². The van der Waals surface area contributed by atoms with Gasteiger partial charge in [0.25, 0.3) is 11.8 Å². The van der Waals surface area contributed by atoms with Crippen molar-refractivity contribution in [2.75, 3.05) is 5.32 Å². The van der Waals surface area contributed by atoms with Crippen molar-refractivity contribution < 1.29 is 22.8 Å². The Morgan fingerprint density at radius 3 is 2.23 bits per heavy atom. The Bertz CT molecular complexity index is 1680. The van der Waals surface area contributed by atoms with Gasteiger partial charge in [-0.25, -0.2) is 0 Å². The van der Waals surface area contributed by atoms with Crippen LogP contribution in [0.3, 0.4) is 0 Å². The van der Waals surface area contributed by atoms with Gasteiger partial charge in [0.2, 0.25) is 0 Å². The first-order valence-electron chi connectivity index (χ1n) is 12.5. The monoisotopic (exact) mass is 539 g/mol. The van der Waals surface area contributed by atoms with Gasteiger partial charge in [-0.3, -0.25) is 14.6 Å². The number of aromatic nitrogens is 1. The summed E-state index contributed by atoms with van der Waals surface area (Å²) in [7, 11) is 0. The fourth-order valence-electron chi connectivity index (χ4n) is 4.40. The SMILES string of the molecule is C[C@@H](NC(=O)c1cnc2cc(NC(=O)c3ccccc3-c3ccc(C(F)(F)F)cc3)ccc2c1)c1ccccc1. The fourth-order valence-corrected chi connectivity index (χ4v) is 4.40. The van der Waals surface area contributed by atoms with E-state index in [4.69, 9.17) is 0 Å². The predicted octanol–water partition coefficient (Wildman–Crippen LogP) is 7.66. The molecule has 1 heterocycles. The summed E-state index contributed by atoms with van der Waals surface area (Å²) in [6.45, 7) is 1.91. The minimum Gasteiger partial charge on any atom is -0.345 e. The van der Waals surface area contributed by atoms with E-state index in [1.165, 1.54) is 18.3 Å². The maximum Gasteiger partial charge on any atom is 0.416 e. The molecule has 5 nitrogen and oxygen atoms in total. The molecule has 4 aromatic carbocycles. The molecular weight excluding hydrogens is 515 g/mol. The highest BCUT2D eigenvalue weighted by Crippen LogP contribution is 2.32. The molecule has 0 fully saturated rings. The molecule has 40 heavy (non-hydrogen) atoms. The Kier molecular flexibility index (Phi) is 7.33. The quantitative estimate of drug-likeness (QED) is 0.233. The smallest absolute Gasteiger partial charge is 0.345 e. The first-order valence-corrected chi connectivity index (χ1v) is 12.5. The second-order valence-electron chi connectivity index (χ2n) is 9.31. The Morgan fingerprint density at radius 1 is 0.800 bits per heavy atom. The number of amides is 2. The van der Waals surface area contributed by atoms with Crippen molar-refractivity contribution in [3.05, 3.63) is 132 Å². The molecule has 0 bridgehead atoms. The first-order chi connectivity index (χ1) is 19.2. The second kappa shape index (κ2) is 11.0. The highest BCUT2D eigenvalue weighted by molar-refractivity contribution is 6.09. The van der Waals surface area contributed by atoms with E-state index in [1.807, 2.05) is 37.3 Å². The number of carbonyl (C=O) groups excluding carboxylic acids is 2. The largest absolute Gasteiger partial charge is 0.416 e. The molecule has 5 aromatic rings. The van der Waals surface area contributed by atoms with Gasteiger partial charge in [-0.15, -0.1) is 0 Å². The standard InChI is InChI=1S/C32H24F3N3O2/c1-20(21-7-3-2-4-8-21)37-30(39)24-17-23-13-16-26(18-29(23)36-19-24)38-31(40)28-10-6-5-9-27(28)22-11-14-25(15-12-22)32(33,34)35/h2-20H,1H3,(H,37,39)(H,38,40)/t20-/m1/s1. The van der Waals surface area contributed by atoms with Gasteiger partial charge in [-0.2, -0.15) is 13.2 Å². The van der Waals surface area contributed by atoms with Crippen LogP contribution in [0.15, 0.2) is 109 Å². The summed E-state index contributed by atoms with van der Waals surface area (Å²) in [5, 5.41) is 6.54. The van der Waals surface area contributed by atoms with E-state index in [-0.39, 0.29) is 11.9 Å². The van der Waals surface area contributed by atoms with Gasteiger partial charge >= 0.3 is 6.18 Å². The zero-order valence-electron chi connectivity index (χ0n) is 21.4. The summed E-state index contributed by atoms with van der Waals surface area (Å²) >= 11 is 0. The number of nitrogens with zero attached hydrogens (tertiary/aromatic N) is 1. The van der Waals surface area contributed by atoms with Crippen molar-refractivity contribution in [2.24, 2.45) is 0 Å². The van der Waals surface area contributed by atoms with Crippen molar-refractivity contribution >= 4 is 28.4 Å². The lowest BCUT2D eigenvalue weighted by Crippen LogP contribution is -2.26. The maximum atomic E-state index is 13.2. The van der Waals surface area contributed by atoms with Crippen LogP contribution in [0.4, 0.5) is 18.9 Å². The van der Waals surface area contributed by atoms with E-state index in [9.17, 15) is 22.8 Å². The van der Waals surface area contributed by atoms with Gasteiger partial charge in [0.1, 0.15) is 0 Å². The highest BCUT2D eigenvalue weighted by Gasteiger charge is 2.30. The summed E-state index contributed by atoms with van der Waals surface area (Å²) in [4.78, 5) is 30.4.